The van der Waals surface area contributed by atoms with E-state index in [0.29, 0.717) is 30.6 Å². The smallest absolute Gasteiger partial charge is 0.244 e. The molecule has 0 atom stereocenters. The molecule has 0 radical (unpaired) electrons. The fourth-order valence-corrected chi connectivity index (χ4v) is 4.99. The summed E-state index contributed by atoms with van der Waals surface area (Å²) in [4.78, 5) is 0.428. The highest BCUT2D eigenvalue weighted by atomic mass is 32.2. The molecular formula is C14H25N3O2S2. The largest absolute Gasteiger partial charge is 0.349 e. The first kappa shape index (κ1) is 16.9. The highest BCUT2D eigenvalue weighted by Crippen LogP contribution is 2.22. The lowest BCUT2D eigenvalue weighted by Gasteiger charge is -2.25. The monoisotopic (exact) mass is 331 g/mol. The van der Waals surface area contributed by atoms with Crippen LogP contribution in [-0.2, 0) is 23.1 Å². The van der Waals surface area contributed by atoms with Crippen LogP contribution in [-0.4, -0.2) is 47.9 Å². The minimum Gasteiger partial charge on any atom is -0.349 e. The Hall–Kier alpha value is -0.500. The molecule has 0 bridgehead atoms. The van der Waals surface area contributed by atoms with Crippen molar-refractivity contribution in [3.05, 3.63) is 18.0 Å². The normalized spacial score (nSPS) is 17.5. The predicted octanol–water partition coefficient (Wildman–Crippen LogP) is 1.74. The van der Waals surface area contributed by atoms with Gasteiger partial charge in [0.05, 0.1) is 0 Å². The molecule has 1 aliphatic rings. The summed E-state index contributed by atoms with van der Waals surface area (Å²) in [5.41, 5.74) is 1.02. The van der Waals surface area contributed by atoms with Crippen LogP contribution in [0.4, 0.5) is 0 Å². The Labute approximate surface area is 132 Å². The summed E-state index contributed by atoms with van der Waals surface area (Å²) in [5.74, 6) is 1.77. The van der Waals surface area contributed by atoms with E-state index in [1.807, 2.05) is 29.3 Å². The van der Waals surface area contributed by atoms with Crippen molar-refractivity contribution in [2.75, 3.05) is 24.6 Å². The average Bonchev–Trinajstić information content (AvgIpc) is 2.90. The molecule has 1 fully saturated rings. The lowest BCUT2D eigenvalue weighted by molar-refractivity contribution is 0.443. The van der Waals surface area contributed by atoms with Gasteiger partial charge in [-0.1, -0.05) is 13.8 Å². The summed E-state index contributed by atoms with van der Waals surface area (Å²) in [5, 5.41) is 3.35. The van der Waals surface area contributed by atoms with Crippen molar-refractivity contribution >= 4 is 21.8 Å². The van der Waals surface area contributed by atoms with Crippen molar-refractivity contribution in [3.8, 4) is 0 Å². The summed E-state index contributed by atoms with van der Waals surface area (Å²) >= 11 is 1.81. The van der Waals surface area contributed by atoms with Gasteiger partial charge in [0.15, 0.2) is 0 Å². The molecule has 7 heteroatoms. The molecule has 1 N–H and O–H groups in total. The van der Waals surface area contributed by atoms with Gasteiger partial charge >= 0.3 is 0 Å². The van der Waals surface area contributed by atoms with Crippen molar-refractivity contribution in [3.63, 3.8) is 0 Å². The highest BCUT2D eigenvalue weighted by Gasteiger charge is 2.27. The molecule has 21 heavy (non-hydrogen) atoms. The van der Waals surface area contributed by atoms with Crippen LogP contribution >= 0.6 is 11.8 Å². The maximum atomic E-state index is 12.7. The number of rotatable bonds is 6. The van der Waals surface area contributed by atoms with Gasteiger partial charge in [0.25, 0.3) is 0 Å². The molecule has 1 aliphatic heterocycles. The standard InChI is InChI=1S/C14H25N3O2S2/c1-4-16-11-14(9-13(16)10-15-12(2)3)21(18,19)17-5-7-20-8-6-17/h9,11-12,15H,4-8,10H2,1-3H3. The summed E-state index contributed by atoms with van der Waals surface area (Å²) in [6, 6.07) is 2.19. The number of nitrogens with zero attached hydrogens (tertiary/aromatic N) is 2. The van der Waals surface area contributed by atoms with Crippen LogP contribution in [0.3, 0.4) is 0 Å². The van der Waals surface area contributed by atoms with E-state index in [1.54, 1.807) is 10.5 Å². The third-order valence-electron chi connectivity index (χ3n) is 3.60. The zero-order valence-electron chi connectivity index (χ0n) is 13.0. The third-order valence-corrected chi connectivity index (χ3v) is 6.41. The number of aromatic nitrogens is 1. The molecular weight excluding hydrogens is 306 g/mol. The second kappa shape index (κ2) is 7.17. The number of sulfonamides is 1. The van der Waals surface area contributed by atoms with Gasteiger partial charge in [-0.15, -0.1) is 0 Å². The van der Waals surface area contributed by atoms with Gasteiger partial charge in [0, 0.05) is 55.6 Å². The van der Waals surface area contributed by atoms with Gasteiger partial charge < -0.3 is 9.88 Å². The molecule has 0 spiro atoms. The first-order chi connectivity index (χ1) is 9.95. The Bertz CT molecular complexity index is 561. The molecule has 0 saturated carbocycles. The average molecular weight is 332 g/mol. The molecule has 5 nitrogen and oxygen atoms in total. The maximum absolute atomic E-state index is 12.7. The summed E-state index contributed by atoms with van der Waals surface area (Å²) in [6.45, 7) is 8.91. The van der Waals surface area contributed by atoms with Gasteiger partial charge in [-0.25, -0.2) is 8.42 Å². The van der Waals surface area contributed by atoms with Crippen LogP contribution in [0.25, 0.3) is 0 Å². The molecule has 1 aromatic rings. The van der Waals surface area contributed by atoms with Crippen molar-refractivity contribution in [1.82, 2.24) is 14.2 Å². The molecule has 0 unspecified atom stereocenters. The first-order valence-corrected chi connectivity index (χ1v) is 10.0. The molecule has 120 valence electrons. The summed E-state index contributed by atoms with van der Waals surface area (Å²) < 4.78 is 29.0. The number of hydrogen-bond acceptors (Lipinski definition) is 4. The molecule has 0 amide bonds. The number of thioether (sulfide) groups is 1. The van der Waals surface area contributed by atoms with Gasteiger partial charge in [-0.3, -0.25) is 0 Å². The quantitative estimate of drug-likeness (QED) is 0.863. The van der Waals surface area contributed by atoms with E-state index < -0.39 is 10.0 Å². The van der Waals surface area contributed by atoms with Crippen molar-refractivity contribution in [2.24, 2.45) is 0 Å². The molecule has 1 saturated heterocycles. The van der Waals surface area contributed by atoms with E-state index in [0.717, 1.165) is 23.7 Å². The number of aryl methyl sites for hydroxylation is 1. The zero-order chi connectivity index (χ0) is 15.5. The molecule has 0 aromatic carbocycles. The summed E-state index contributed by atoms with van der Waals surface area (Å²) in [7, 11) is -3.34. The van der Waals surface area contributed by atoms with Crippen LogP contribution in [0, 0.1) is 0 Å². The van der Waals surface area contributed by atoms with Crippen molar-refractivity contribution < 1.29 is 8.42 Å². The van der Waals surface area contributed by atoms with Gasteiger partial charge in [-0.05, 0) is 13.0 Å². The Kier molecular flexibility index (Phi) is 5.76. The topological polar surface area (TPSA) is 54.3 Å². The number of nitrogens with one attached hydrogen (secondary N) is 1. The second-order valence-electron chi connectivity index (χ2n) is 5.51. The third kappa shape index (κ3) is 4.03. The SMILES string of the molecule is CCn1cc(S(=O)(=O)N2CCSCC2)cc1CNC(C)C. The Morgan fingerprint density at radius 2 is 2.00 bits per heavy atom. The van der Waals surface area contributed by atoms with E-state index in [9.17, 15) is 8.42 Å². The van der Waals surface area contributed by atoms with Crippen LogP contribution in [0.5, 0.6) is 0 Å². The van der Waals surface area contributed by atoms with Crippen molar-refractivity contribution in [2.45, 2.75) is 44.8 Å². The Morgan fingerprint density at radius 3 is 2.57 bits per heavy atom. The van der Waals surface area contributed by atoms with Gasteiger partial charge in [-0.2, -0.15) is 16.1 Å². The second-order valence-corrected chi connectivity index (χ2v) is 8.67. The van der Waals surface area contributed by atoms with Gasteiger partial charge in [0.2, 0.25) is 10.0 Å². The van der Waals surface area contributed by atoms with E-state index in [-0.39, 0.29) is 0 Å². The Balaban J connectivity index is 2.22. The zero-order valence-corrected chi connectivity index (χ0v) is 14.6. The molecule has 2 rings (SSSR count). The number of hydrogen-bond donors (Lipinski definition) is 1. The van der Waals surface area contributed by atoms with Gasteiger partial charge in [0.1, 0.15) is 4.90 Å². The van der Waals surface area contributed by atoms with Crippen LogP contribution in [0.1, 0.15) is 26.5 Å². The minimum atomic E-state index is -3.34. The van der Waals surface area contributed by atoms with E-state index in [2.05, 4.69) is 19.2 Å². The first-order valence-electron chi connectivity index (χ1n) is 7.45. The maximum Gasteiger partial charge on any atom is 0.244 e. The lowest BCUT2D eigenvalue weighted by atomic mass is 10.3. The van der Waals surface area contributed by atoms with Crippen LogP contribution in [0.2, 0.25) is 0 Å². The van der Waals surface area contributed by atoms with Crippen LogP contribution in [0.15, 0.2) is 17.2 Å². The summed E-state index contributed by atoms with van der Waals surface area (Å²) in [6.07, 6.45) is 1.77. The Morgan fingerprint density at radius 1 is 1.33 bits per heavy atom. The van der Waals surface area contributed by atoms with E-state index in [4.69, 9.17) is 0 Å². The predicted molar refractivity (Wildman–Crippen MR) is 88.2 cm³/mol. The molecule has 2 heterocycles. The fourth-order valence-electron chi connectivity index (χ4n) is 2.35. The lowest BCUT2D eigenvalue weighted by Crippen LogP contribution is -2.37. The van der Waals surface area contributed by atoms with E-state index in [1.165, 1.54) is 0 Å². The van der Waals surface area contributed by atoms with E-state index >= 15 is 0 Å². The van der Waals surface area contributed by atoms with Crippen molar-refractivity contribution in [1.29, 1.82) is 0 Å². The highest BCUT2D eigenvalue weighted by molar-refractivity contribution is 7.99. The minimum absolute atomic E-state index is 0.379. The van der Waals surface area contributed by atoms with Crippen LogP contribution < -0.4 is 5.32 Å². The fraction of sp³-hybridized carbons (Fsp3) is 0.714. The molecule has 1 aromatic heterocycles. The molecule has 0 aliphatic carbocycles.